The normalized spacial score (nSPS) is 22.3. The topological polar surface area (TPSA) is 221 Å². The lowest BCUT2D eigenvalue weighted by Gasteiger charge is -2.38. The van der Waals surface area contributed by atoms with E-state index in [-0.39, 0.29) is 36.9 Å². The number of amides is 3. The van der Waals surface area contributed by atoms with Gasteiger partial charge in [-0.2, -0.15) is 0 Å². The maximum Gasteiger partial charge on any atom is 0.249 e. The molecule has 1 saturated heterocycles. The number of phenols is 1. The monoisotopic (exact) mass is 650 g/mol. The molecule has 0 aromatic heterocycles. The molecule has 1 heterocycles. The Bertz CT molecular complexity index is 1390. The zero-order valence-corrected chi connectivity index (χ0v) is 26.4. The Kier molecular flexibility index (Phi) is 12.7. The fourth-order valence-corrected chi connectivity index (χ4v) is 6.64. The van der Waals surface area contributed by atoms with E-state index in [1.54, 1.807) is 12.1 Å². The lowest BCUT2D eigenvalue weighted by atomic mass is 9.83. The quantitative estimate of drug-likeness (QED) is 0.0608. The van der Waals surface area contributed by atoms with Crippen LogP contribution in [-0.2, 0) is 32.0 Å². The second-order valence-electron chi connectivity index (χ2n) is 12.5. The van der Waals surface area contributed by atoms with Crippen molar-refractivity contribution in [2.45, 2.75) is 94.2 Å². The van der Waals surface area contributed by atoms with E-state index in [0.29, 0.717) is 50.6 Å². The standard InChI is InChI=1S/C34H46N6O7/c35-34(36)37-15-4-7-24(14-16-41)38-31(45)29-19-23-10-13-26(43)20-28(23)40(29)33(47)27(17-21-5-2-1-3-6-21)39-32(46)30(44)18-22-8-11-25(42)12-9-22/h1-3,5-6,8-9,11-12,16,23-24,26-30,42-44H,4,7,10,13-15,17-20H2,(H,38,45)(H,39,46)(H4,35,36,37)/t23-,24?,26+,27-,28-,29-,30+/m0/s1. The Morgan fingerprint density at radius 2 is 1.68 bits per heavy atom. The molecule has 0 spiro atoms. The zero-order valence-electron chi connectivity index (χ0n) is 26.4. The molecule has 254 valence electrons. The molecule has 1 aliphatic carbocycles. The minimum atomic E-state index is -1.48. The van der Waals surface area contributed by atoms with Gasteiger partial charge in [-0.1, -0.05) is 42.5 Å². The molecule has 2 aromatic carbocycles. The summed E-state index contributed by atoms with van der Waals surface area (Å²) in [4.78, 5) is 58.6. The molecule has 47 heavy (non-hydrogen) atoms. The van der Waals surface area contributed by atoms with Crippen molar-refractivity contribution in [1.82, 2.24) is 15.5 Å². The first-order valence-corrected chi connectivity index (χ1v) is 16.2. The van der Waals surface area contributed by atoms with E-state index in [0.717, 1.165) is 11.8 Å². The number of hydrogen-bond donors (Lipinski definition) is 7. The van der Waals surface area contributed by atoms with Crippen molar-refractivity contribution in [2.75, 3.05) is 6.54 Å². The maximum atomic E-state index is 14.5. The van der Waals surface area contributed by atoms with Crippen molar-refractivity contribution >= 4 is 30.0 Å². The Balaban J connectivity index is 1.57. The van der Waals surface area contributed by atoms with Crippen LogP contribution < -0.4 is 22.1 Å². The average molecular weight is 651 g/mol. The van der Waals surface area contributed by atoms with E-state index in [1.807, 2.05) is 30.3 Å². The third-order valence-corrected chi connectivity index (χ3v) is 9.00. The molecular formula is C34H46N6O7. The van der Waals surface area contributed by atoms with Crippen molar-refractivity contribution in [3.05, 3.63) is 65.7 Å². The first kappa shape index (κ1) is 35.4. The van der Waals surface area contributed by atoms with Crippen molar-refractivity contribution in [1.29, 1.82) is 0 Å². The van der Waals surface area contributed by atoms with Crippen LogP contribution in [-0.4, -0.2) is 93.1 Å². The number of carbonyl (C=O) groups is 4. The number of hydrogen-bond acceptors (Lipinski definition) is 8. The number of nitrogens with one attached hydrogen (secondary N) is 2. The predicted octanol–water partition coefficient (Wildman–Crippen LogP) is 0.281. The number of rotatable bonds is 15. The summed E-state index contributed by atoms with van der Waals surface area (Å²) in [6, 6.07) is 12.3. The van der Waals surface area contributed by atoms with E-state index < -0.39 is 54.1 Å². The highest BCUT2D eigenvalue weighted by Gasteiger charge is 2.50. The van der Waals surface area contributed by atoms with Crippen LogP contribution in [0, 0.1) is 5.92 Å². The Hall–Kier alpha value is -4.49. The number of phenolic OH excluding ortho intramolecular Hbond substituents is 1. The van der Waals surface area contributed by atoms with Crippen LogP contribution in [0.15, 0.2) is 59.6 Å². The Labute approximate surface area is 274 Å². The first-order valence-electron chi connectivity index (χ1n) is 16.2. The molecule has 1 unspecified atom stereocenters. The van der Waals surface area contributed by atoms with E-state index in [4.69, 9.17) is 11.5 Å². The molecule has 2 fully saturated rings. The lowest BCUT2D eigenvalue weighted by molar-refractivity contribution is -0.145. The van der Waals surface area contributed by atoms with Crippen molar-refractivity contribution < 1.29 is 34.5 Å². The highest BCUT2D eigenvalue weighted by molar-refractivity contribution is 5.94. The van der Waals surface area contributed by atoms with Crippen LogP contribution in [0.4, 0.5) is 0 Å². The molecule has 0 radical (unpaired) electrons. The lowest BCUT2D eigenvalue weighted by Crippen LogP contribution is -2.59. The van der Waals surface area contributed by atoms with Crippen molar-refractivity contribution in [3.8, 4) is 5.75 Å². The molecule has 2 aliphatic rings. The molecule has 1 saturated carbocycles. The second kappa shape index (κ2) is 16.9. The molecule has 2 aromatic rings. The number of benzene rings is 2. The fraction of sp³-hybridized carbons (Fsp3) is 0.500. The van der Waals surface area contributed by atoms with E-state index in [1.165, 1.54) is 17.0 Å². The van der Waals surface area contributed by atoms with Crippen LogP contribution in [0.2, 0.25) is 0 Å². The summed E-state index contributed by atoms with van der Waals surface area (Å²) >= 11 is 0. The highest BCUT2D eigenvalue weighted by atomic mass is 16.3. The van der Waals surface area contributed by atoms with Gasteiger partial charge in [0.05, 0.1) is 6.10 Å². The predicted molar refractivity (Wildman–Crippen MR) is 175 cm³/mol. The minimum absolute atomic E-state index is 0.0300. The number of aliphatic hydroxyl groups is 2. The molecule has 4 rings (SSSR count). The van der Waals surface area contributed by atoms with Gasteiger partial charge in [0.25, 0.3) is 0 Å². The van der Waals surface area contributed by atoms with Crippen molar-refractivity contribution in [2.24, 2.45) is 22.4 Å². The molecule has 13 nitrogen and oxygen atoms in total. The van der Waals surface area contributed by atoms with Gasteiger partial charge in [0, 0.05) is 37.9 Å². The molecular weight excluding hydrogens is 604 g/mol. The SMILES string of the molecule is NC(N)=NCCCC(CC=O)NC(=O)[C@@H]1C[C@@H]2CC[C@@H](O)C[C@@H]2N1C(=O)[C@H](Cc1ccccc1)NC(=O)[C@H](O)Cc1ccc(O)cc1. The van der Waals surface area contributed by atoms with E-state index >= 15 is 0 Å². The summed E-state index contributed by atoms with van der Waals surface area (Å²) in [5.41, 5.74) is 12.2. The van der Waals surface area contributed by atoms with E-state index in [2.05, 4.69) is 15.6 Å². The maximum absolute atomic E-state index is 14.5. The number of aldehydes is 1. The van der Waals surface area contributed by atoms with Gasteiger partial charge >= 0.3 is 0 Å². The minimum Gasteiger partial charge on any atom is -0.508 e. The number of nitrogens with two attached hydrogens (primary N) is 2. The van der Waals surface area contributed by atoms with Gasteiger partial charge in [-0.05, 0) is 67.7 Å². The zero-order chi connectivity index (χ0) is 33.9. The average Bonchev–Trinajstić information content (AvgIpc) is 3.42. The van der Waals surface area contributed by atoms with Crippen LogP contribution >= 0.6 is 0 Å². The Morgan fingerprint density at radius 1 is 0.979 bits per heavy atom. The van der Waals surface area contributed by atoms with Crippen molar-refractivity contribution in [3.63, 3.8) is 0 Å². The summed E-state index contributed by atoms with van der Waals surface area (Å²) in [5.74, 6) is -1.67. The summed E-state index contributed by atoms with van der Waals surface area (Å²) in [5, 5.41) is 36.6. The highest BCUT2D eigenvalue weighted by Crippen LogP contribution is 2.40. The van der Waals surface area contributed by atoms with Gasteiger partial charge < -0.3 is 47.1 Å². The van der Waals surface area contributed by atoms with Gasteiger partial charge in [0.1, 0.15) is 30.2 Å². The van der Waals surface area contributed by atoms with Crippen LogP contribution in [0.5, 0.6) is 5.75 Å². The van der Waals surface area contributed by atoms with Crippen LogP contribution in [0.1, 0.15) is 56.1 Å². The van der Waals surface area contributed by atoms with Gasteiger partial charge in [-0.3, -0.25) is 19.4 Å². The number of carbonyl (C=O) groups excluding carboxylic acids is 4. The van der Waals surface area contributed by atoms with Gasteiger partial charge in [0.15, 0.2) is 5.96 Å². The van der Waals surface area contributed by atoms with Gasteiger partial charge in [0.2, 0.25) is 17.7 Å². The number of nitrogens with zero attached hydrogens (tertiary/aromatic N) is 2. The van der Waals surface area contributed by atoms with Crippen LogP contribution in [0.3, 0.4) is 0 Å². The third-order valence-electron chi connectivity index (χ3n) is 9.00. The van der Waals surface area contributed by atoms with Gasteiger partial charge in [-0.15, -0.1) is 0 Å². The molecule has 13 heteroatoms. The summed E-state index contributed by atoms with van der Waals surface area (Å²) in [7, 11) is 0. The number of aromatic hydroxyl groups is 1. The van der Waals surface area contributed by atoms with Gasteiger partial charge in [-0.25, -0.2) is 0 Å². The molecule has 3 amide bonds. The smallest absolute Gasteiger partial charge is 0.249 e. The Morgan fingerprint density at radius 3 is 2.36 bits per heavy atom. The molecule has 1 aliphatic heterocycles. The number of guanidine groups is 1. The second-order valence-corrected chi connectivity index (χ2v) is 12.5. The summed E-state index contributed by atoms with van der Waals surface area (Å²) < 4.78 is 0. The molecule has 0 bridgehead atoms. The fourth-order valence-electron chi connectivity index (χ4n) is 6.64. The van der Waals surface area contributed by atoms with Crippen LogP contribution in [0.25, 0.3) is 0 Å². The summed E-state index contributed by atoms with van der Waals surface area (Å²) in [6.07, 6.45) is 1.61. The molecule has 9 N–H and O–H groups in total. The van der Waals surface area contributed by atoms with E-state index in [9.17, 15) is 34.5 Å². The number of fused-ring (bicyclic) bond motifs is 1. The number of aliphatic hydroxyl groups excluding tert-OH is 2. The third kappa shape index (κ3) is 10.00. The first-order chi connectivity index (χ1) is 22.5. The number of aliphatic imine (C=N–C) groups is 1. The number of likely N-dealkylation sites (tertiary alicyclic amines) is 1. The summed E-state index contributed by atoms with van der Waals surface area (Å²) in [6.45, 7) is 0.336. The molecule has 7 atom stereocenters. The largest absolute Gasteiger partial charge is 0.508 e.